The van der Waals surface area contributed by atoms with Crippen molar-refractivity contribution in [2.75, 3.05) is 0 Å². The van der Waals surface area contributed by atoms with Gasteiger partial charge in [0, 0.05) is 6.07 Å². The average Bonchev–Trinajstić information content (AvgIpc) is 2.64. The van der Waals surface area contributed by atoms with Crippen LogP contribution >= 0.6 is 0 Å². The zero-order valence-corrected chi connectivity index (χ0v) is 16.4. The lowest BCUT2D eigenvalue weighted by Gasteiger charge is -2.42. The Bertz CT molecular complexity index is 843. The van der Waals surface area contributed by atoms with E-state index in [0.29, 0.717) is 6.61 Å². The van der Waals surface area contributed by atoms with Crippen LogP contribution in [-0.2, 0) is 11.0 Å². The fraction of sp³-hybridized carbons (Fsp3) is 0.238. The fourth-order valence-electron chi connectivity index (χ4n) is 3.40. The normalized spacial score (nSPS) is 12.1. The van der Waals surface area contributed by atoms with Gasteiger partial charge in [0.05, 0.1) is 12.3 Å². The third-order valence-electron chi connectivity index (χ3n) is 4.59. The van der Waals surface area contributed by atoms with Gasteiger partial charge in [0.2, 0.25) is 0 Å². The van der Waals surface area contributed by atoms with E-state index < -0.39 is 8.32 Å². The molecule has 0 radical (unpaired) electrons. The van der Waals surface area contributed by atoms with Gasteiger partial charge in [-0.1, -0.05) is 81.4 Å². The Morgan fingerprint density at radius 3 is 1.85 bits per heavy atom. The number of nitrogens with zero attached hydrogens (tertiary/aromatic N) is 1. The minimum atomic E-state index is -2.58. The van der Waals surface area contributed by atoms with Crippen molar-refractivity contribution in [3.8, 4) is 0 Å². The van der Waals surface area contributed by atoms with E-state index in [-0.39, 0.29) is 10.6 Å². The molecule has 2 aromatic carbocycles. The van der Waals surface area contributed by atoms with Crippen LogP contribution in [0.4, 0.5) is 0 Å². The number of benzene rings is 2. The SMILES string of the molecule is CC(C)(C)[Si](OCc1ccc(=O)[nH]n1)(c1ccccc1)c1ccccc1. The summed E-state index contributed by atoms with van der Waals surface area (Å²) in [5.41, 5.74) is 0.511. The van der Waals surface area contributed by atoms with Gasteiger partial charge in [-0.2, -0.15) is 5.10 Å². The lowest BCUT2D eigenvalue weighted by Crippen LogP contribution is -2.66. The predicted molar refractivity (Wildman–Crippen MR) is 107 cm³/mol. The Hall–Kier alpha value is -2.50. The molecule has 0 unspecified atom stereocenters. The van der Waals surface area contributed by atoms with Crippen LogP contribution in [0.5, 0.6) is 0 Å². The molecule has 1 N–H and O–H groups in total. The molecule has 134 valence electrons. The summed E-state index contributed by atoms with van der Waals surface area (Å²) in [6.45, 7) is 7.06. The summed E-state index contributed by atoms with van der Waals surface area (Å²) in [6, 6.07) is 24.1. The molecule has 0 aliphatic rings. The number of nitrogens with one attached hydrogen (secondary N) is 1. The molecule has 5 heteroatoms. The molecular weight excluding hydrogens is 340 g/mol. The summed E-state index contributed by atoms with van der Waals surface area (Å²) >= 11 is 0. The Labute approximate surface area is 155 Å². The first-order valence-electron chi connectivity index (χ1n) is 8.73. The number of aromatic amines is 1. The van der Waals surface area contributed by atoms with Gasteiger partial charge < -0.3 is 4.43 Å². The van der Waals surface area contributed by atoms with E-state index >= 15 is 0 Å². The molecule has 3 aromatic rings. The van der Waals surface area contributed by atoms with Gasteiger partial charge in [-0.05, 0) is 21.5 Å². The largest absolute Gasteiger partial charge is 0.401 e. The summed E-state index contributed by atoms with van der Waals surface area (Å²) in [7, 11) is -2.58. The van der Waals surface area contributed by atoms with E-state index in [2.05, 4.69) is 79.5 Å². The molecule has 0 atom stereocenters. The maximum Gasteiger partial charge on any atom is 0.264 e. The van der Waals surface area contributed by atoms with Crippen LogP contribution in [0.15, 0.2) is 77.6 Å². The highest BCUT2D eigenvalue weighted by Crippen LogP contribution is 2.37. The number of rotatable bonds is 5. The maximum atomic E-state index is 11.3. The summed E-state index contributed by atoms with van der Waals surface area (Å²) in [5.74, 6) is 0. The molecule has 4 nitrogen and oxygen atoms in total. The Morgan fingerprint density at radius 1 is 0.885 bits per heavy atom. The highest BCUT2D eigenvalue weighted by Gasteiger charge is 2.50. The summed E-state index contributed by atoms with van der Waals surface area (Å²) in [4.78, 5) is 11.3. The standard InChI is InChI=1S/C21H24N2O2Si/c1-21(2,3)26(18-10-6-4-7-11-18,19-12-8-5-9-13-19)25-16-17-14-15-20(24)23-22-17/h4-15H,16H2,1-3H3,(H,23,24). The van der Waals surface area contributed by atoms with Gasteiger partial charge in [0.25, 0.3) is 13.9 Å². The van der Waals surface area contributed by atoms with Gasteiger partial charge in [-0.25, -0.2) is 5.10 Å². The van der Waals surface area contributed by atoms with Gasteiger partial charge in [0.15, 0.2) is 0 Å². The molecule has 3 rings (SSSR count). The fourth-order valence-corrected chi connectivity index (χ4v) is 7.92. The summed E-state index contributed by atoms with van der Waals surface area (Å²) in [5, 5.41) is 8.96. The molecule has 1 aromatic heterocycles. The van der Waals surface area contributed by atoms with Crippen molar-refractivity contribution in [2.45, 2.75) is 32.4 Å². The van der Waals surface area contributed by atoms with Crippen molar-refractivity contribution in [1.82, 2.24) is 10.2 Å². The van der Waals surface area contributed by atoms with E-state index in [1.54, 1.807) is 6.07 Å². The molecule has 0 saturated heterocycles. The van der Waals surface area contributed by atoms with Gasteiger partial charge >= 0.3 is 0 Å². The predicted octanol–water partition coefficient (Wildman–Crippen LogP) is 2.85. The number of H-pyrrole nitrogens is 1. The van der Waals surface area contributed by atoms with Crippen molar-refractivity contribution in [3.63, 3.8) is 0 Å². The van der Waals surface area contributed by atoms with E-state index in [1.165, 1.54) is 16.4 Å². The highest BCUT2D eigenvalue weighted by atomic mass is 28.4. The first kappa shape index (κ1) is 18.3. The quantitative estimate of drug-likeness (QED) is 0.708. The van der Waals surface area contributed by atoms with Gasteiger partial charge in [0.1, 0.15) is 0 Å². The Morgan fingerprint density at radius 2 is 1.42 bits per heavy atom. The first-order valence-corrected chi connectivity index (χ1v) is 10.6. The lowest BCUT2D eigenvalue weighted by atomic mass is 10.2. The highest BCUT2D eigenvalue weighted by molar-refractivity contribution is 6.99. The minimum absolute atomic E-state index is 0.0854. The summed E-state index contributed by atoms with van der Waals surface area (Å²) in [6.07, 6.45) is 0. The Kier molecular flexibility index (Phi) is 5.20. The number of aromatic nitrogens is 2. The van der Waals surface area contributed by atoms with E-state index in [4.69, 9.17) is 4.43 Å². The molecular formula is C21H24N2O2Si. The molecule has 0 spiro atoms. The van der Waals surface area contributed by atoms with Crippen LogP contribution < -0.4 is 15.9 Å². The second-order valence-electron chi connectivity index (χ2n) is 7.36. The van der Waals surface area contributed by atoms with Crippen molar-refractivity contribution < 1.29 is 4.43 Å². The maximum absolute atomic E-state index is 11.3. The van der Waals surface area contributed by atoms with Crippen LogP contribution in [-0.4, -0.2) is 18.5 Å². The molecule has 0 aliphatic heterocycles. The van der Waals surface area contributed by atoms with Crippen LogP contribution in [0.1, 0.15) is 26.5 Å². The van der Waals surface area contributed by atoms with E-state index in [9.17, 15) is 4.79 Å². The monoisotopic (exact) mass is 364 g/mol. The molecule has 0 amide bonds. The molecule has 0 aliphatic carbocycles. The molecule has 1 heterocycles. The Balaban J connectivity index is 2.11. The molecule has 0 fully saturated rings. The van der Waals surface area contributed by atoms with Crippen molar-refractivity contribution >= 4 is 18.7 Å². The van der Waals surface area contributed by atoms with Gasteiger partial charge in [-0.3, -0.25) is 4.79 Å². The van der Waals surface area contributed by atoms with Crippen LogP contribution in [0.3, 0.4) is 0 Å². The van der Waals surface area contributed by atoms with E-state index in [1.807, 2.05) is 12.1 Å². The van der Waals surface area contributed by atoms with Crippen molar-refractivity contribution in [1.29, 1.82) is 0 Å². The number of hydrogen-bond donors (Lipinski definition) is 1. The third-order valence-corrected chi connectivity index (χ3v) is 9.57. The number of hydrogen-bond acceptors (Lipinski definition) is 3. The van der Waals surface area contributed by atoms with Crippen molar-refractivity contribution in [3.05, 3.63) is 88.8 Å². The molecule has 0 saturated carbocycles. The smallest absolute Gasteiger partial charge is 0.264 e. The summed E-state index contributed by atoms with van der Waals surface area (Å²) < 4.78 is 6.75. The molecule has 0 bridgehead atoms. The minimum Gasteiger partial charge on any atom is -0.401 e. The topological polar surface area (TPSA) is 55.0 Å². The van der Waals surface area contributed by atoms with Gasteiger partial charge in [-0.15, -0.1) is 0 Å². The average molecular weight is 365 g/mol. The second-order valence-corrected chi connectivity index (χ2v) is 11.7. The zero-order valence-electron chi connectivity index (χ0n) is 15.4. The van der Waals surface area contributed by atoms with Crippen LogP contribution in [0, 0.1) is 0 Å². The first-order chi connectivity index (χ1) is 12.4. The van der Waals surface area contributed by atoms with E-state index in [0.717, 1.165) is 5.69 Å². The molecule has 26 heavy (non-hydrogen) atoms. The third kappa shape index (κ3) is 3.54. The van der Waals surface area contributed by atoms with Crippen LogP contribution in [0.25, 0.3) is 0 Å². The van der Waals surface area contributed by atoms with Crippen LogP contribution in [0.2, 0.25) is 5.04 Å². The second kappa shape index (κ2) is 7.39. The zero-order chi connectivity index (χ0) is 18.6. The van der Waals surface area contributed by atoms with Crippen molar-refractivity contribution in [2.24, 2.45) is 0 Å². The lowest BCUT2D eigenvalue weighted by molar-refractivity contribution is 0.280.